The smallest absolute Gasteiger partial charge is 0.264 e. The molecule has 2 amide bonds. The Morgan fingerprint density at radius 2 is 1.59 bits per heavy atom. The molecule has 0 saturated heterocycles. The lowest BCUT2D eigenvalue weighted by molar-refractivity contribution is -0.141. The molecule has 0 aliphatic heterocycles. The third kappa shape index (κ3) is 8.24. The molecule has 0 heterocycles. The molecule has 0 bridgehead atoms. The number of carbonyl (C=O) groups is 2. The molecule has 0 radical (unpaired) electrons. The van der Waals surface area contributed by atoms with E-state index < -0.39 is 34.1 Å². The van der Waals surface area contributed by atoms with Gasteiger partial charge in [-0.1, -0.05) is 60.5 Å². The van der Waals surface area contributed by atoms with E-state index in [0.29, 0.717) is 11.4 Å². The molecular formula is C31H38ClN3O5S. The van der Waals surface area contributed by atoms with Gasteiger partial charge in [-0.15, -0.1) is 0 Å². The summed E-state index contributed by atoms with van der Waals surface area (Å²) in [5.74, 6) is -0.581. The van der Waals surface area contributed by atoms with Crippen LogP contribution in [-0.2, 0) is 26.2 Å². The number of benzene rings is 3. The first kappa shape index (κ1) is 32.0. The Bertz CT molecular complexity index is 1450. The number of amides is 2. The van der Waals surface area contributed by atoms with Gasteiger partial charge in [0, 0.05) is 17.1 Å². The zero-order valence-corrected chi connectivity index (χ0v) is 25.9. The van der Waals surface area contributed by atoms with Gasteiger partial charge in [-0.2, -0.15) is 0 Å². The molecule has 10 heteroatoms. The van der Waals surface area contributed by atoms with Crippen molar-refractivity contribution in [1.82, 2.24) is 10.2 Å². The molecule has 3 rings (SSSR count). The van der Waals surface area contributed by atoms with Gasteiger partial charge in [0.1, 0.15) is 18.3 Å². The highest BCUT2D eigenvalue weighted by molar-refractivity contribution is 7.92. The molecule has 0 aliphatic rings. The first-order valence-corrected chi connectivity index (χ1v) is 15.2. The number of sulfonamides is 1. The fraction of sp³-hybridized carbons (Fsp3) is 0.355. The molecule has 0 aliphatic carbocycles. The number of ether oxygens (including phenoxy) is 1. The van der Waals surface area contributed by atoms with Crippen LogP contribution in [0.2, 0.25) is 5.02 Å². The lowest BCUT2D eigenvalue weighted by Crippen LogP contribution is -2.55. The maximum atomic E-state index is 14.2. The highest BCUT2D eigenvalue weighted by atomic mass is 35.5. The fourth-order valence-electron chi connectivity index (χ4n) is 4.35. The van der Waals surface area contributed by atoms with Crippen LogP contribution in [0.4, 0.5) is 5.69 Å². The van der Waals surface area contributed by atoms with Crippen LogP contribution in [-0.4, -0.2) is 50.4 Å². The Hall–Kier alpha value is -3.56. The number of halogens is 1. The number of aryl methyl sites for hydroxylation is 1. The summed E-state index contributed by atoms with van der Waals surface area (Å²) in [6.45, 7) is 8.79. The fourth-order valence-corrected chi connectivity index (χ4v) is 5.90. The first-order chi connectivity index (χ1) is 19.3. The number of methoxy groups -OCH3 is 1. The Morgan fingerprint density at radius 3 is 2.15 bits per heavy atom. The van der Waals surface area contributed by atoms with Crippen LogP contribution in [0, 0.1) is 6.92 Å². The van der Waals surface area contributed by atoms with Crippen LogP contribution >= 0.6 is 11.6 Å². The summed E-state index contributed by atoms with van der Waals surface area (Å²) < 4.78 is 34.6. The summed E-state index contributed by atoms with van der Waals surface area (Å²) in [4.78, 5) is 29.0. The standard InChI is InChI=1S/C31H38ClN3O5S/c1-7-26(30(37)33-31(3,4)5)34(20-23-14-16-24(32)17-15-23)29(36)21-35(27-10-8-9-11-28(27)40-6)41(38,39)25-18-12-22(2)13-19-25/h8-19,26H,7,20-21H2,1-6H3,(H,33,37)/t26-/m0/s1. The van der Waals surface area contributed by atoms with E-state index in [1.54, 1.807) is 60.7 Å². The quantitative estimate of drug-likeness (QED) is 0.311. The van der Waals surface area contributed by atoms with E-state index >= 15 is 0 Å². The zero-order valence-electron chi connectivity index (χ0n) is 24.3. The molecule has 8 nitrogen and oxygen atoms in total. The highest BCUT2D eigenvalue weighted by Gasteiger charge is 2.35. The summed E-state index contributed by atoms with van der Waals surface area (Å²) in [5, 5.41) is 3.50. The third-order valence-corrected chi connectivity index (χ3v) is 8.42. The SMILES string of the molecule is CC[C@@H](C(=O)NC(C)(C)C)N(Cc1ccc(Cl)cc1)C(=O)CN(c1ccccc1OC)S(=O)(=O)c1ccc(C)cc1. The Balaban J connectivity index is 2.10. The average Bonchev–Trinajstić information content (AvgIpc) is 2.91. The van der Waals surface area contributed by atoms with E-state index in [9.17, 15) is 18.0 Å². The molecule has 0 fully saturated rings. The van der Waals surface area contributed by atoms with Crippen molar-refractivity contribution in [2.75, 3.05) is 18.0 Å². The van der Waals surface area contributed by atoms with E-state index in [0.717, 1.165) is 15.4 Å². The van der Waals surface area contributed by atoms with Crippen molar-refractivity contribution >= 4 is 39.1 Å². The molecule has 1 atom stereocenters. The van der Waals surface area contributed by atoms with Gasteiger partial charge in [-0.05, 0) is 76.1 Å². The Labute approximate surface area is 248 Å². The third-order valence-electron chi connectivity index (χ3n) is 6.39. The maximum absolute atomic E-state index is 14.2. The van der Waals surface area contributed by atoms with Crippen LogP contribution in [0.1, 0.15) is 45.2 Å². The normalized spacial score (nSPS) is 12.4. The summed E-state index contributed by atoms with van der Waals surface area (Å²) in [6.07, 6.45) is 0.320. The van der Waals surface area contributed by atoms with Gasteiger partial charge < -0.3 is 15.0 Å². The van der Waals surface area contributed by atoms with Gasteiger partial charge in [0.05, 0.1) is 17.7 Å². The predicted molar refractivity (Wildman–Crippen MR) is 163 cm³/mol. The molecule has 41 heavy (non-hydrogen) atoms. The Morgan fingerprint density at radius 1 is 0.976 bits per heavy atom. The summed E-state index contributed by atoms with van der Waals surface area (Å²) in [5.41, 5.74) is 1.32. The zero-order chi connectivity index (χ0) is 30.4. The molecule has 1 N–H and O–H groups in total. The second kappa shape index (κ2) is 13.4. The van der Waals surface area contributed by atoms with Crippen LogP contribution < -0.4 is 14.4 Å². The molecule has 0 saturated carbocycles. The molecule has 3 aromatic rings. The molecule has 0 spiro atoms. The minimum atomic E-state index is -4.20. The van der Waals surface area contributed by atoms with E-state index in [1.165, 1.54) is 24.1 Å². The molecule has 3 aromatic carbocycles. The number of para-hydroxylation sites is 2. The molecule has 0 aromatic heterocycles. The lowest BCUT2D eigenvalue weighted by Gasteiger charge is -2.35. The number of hydrogen-bond acceptors (Lipinski definition) is 5. The second-order valence-electron chi connectivity index (χ2n) is 10.8. The van der Waals surface area contributed by atoms with Gasteiger partial charge >= 0.3 is 0 Å². The molecule has 0 unspecified atom stereocenters. The van der Waals surface area contributed by atoms with Gasteiger partial charge in [0.2, 0.25) is 11.8 Å². The largest absolute Gasteiger partial charge is 0.495 e. The monoisotopic (exact) mass is 599 g/mol. The number of rotatable bonds is 11. The van der Waals surface area contributed by atoms with Crippen molar-refractivity contribution < 1.29 is 22.7 Å². The minimum absolute atomic E-state index is 0.0311. The number of carbonyl (C=O) groups excluding carboxylic acids is 2. The number of nitrogens with zero attached hydrogens (tertiary/aromatic N) is 2. The van der Waals surface area contributed by atoms with Crippen molar-refractivity contribution in [3.8, 4) is 5.75 Å². The number of nitrogens with one attached hydrogen (secondary N) is 1. The topological polar surface area (TPSA) is 96.0 Å². The van der Waals surface area contributed by atoms with Crippen LogP contribution in [0.25, 0.3) is 0 Å². The predicted octanol–water partition coefficient (Wildman–Crippen LogP) is 5.57. The molecular weight excluding hydrogens is 562 g/mol. The second-order valence-corrected chi connectivity index (χ2v) is 13.1. The van der Waals surface area contributed by atoms with Crippen LogP contribution in [0.3, 0.4) is 0 Å². The van der Waals surface area contributed by atoms with E-state index in [1.807, 2.05) is 34.6 Å². The van der Waals surface area contributed by atoms with Gasteiger partial charge in [-0.25, -0.2) is 8.42 Å². The van der Waals surface area contributed by atoms with E-state index in [2.05, 4.69) is 5.32 Å². The lowest BCUT2D eigenvalue weighted by atomic mass is 10.1. The van der Waals surface area contributed by atoms with Crippen molar-refractivity contribution in [3.63, 3.8) is 0 Å². The van der Waals surface area contributed by atoms with E-state index in [4.69, 9.17) is 16.3 Å². The van der Waals surface area contributed by atoms with Gasteiger partial charge in [-0.3, -0.25) is 13.9 Å². The van der Waals surface area contributed by atoms with Crippen molar-refractivity contribution in [2.24, 2.45) is 0 Å². The van der Waals surface area contributed by atoms with Crippen molar-refractivity contribution in [2.45, 2.75) is 64.1 Å². The highest BCUT2D eigenvalue weighted by Crippen LogP contribution is 2.32. The summed E-state index contributed by atoms with van der Waals surface area (Å²) >= 11 is 6.08. The van der Waals surface area contributed by atoms with Crippen molar-refractivity contribution in [3.05, 3.63) is 88.9 Å². The number of anilines is 1. The van der Waals surface area contributed by atoms with Crippen molar-refractivity contribution in [1.29, 1.82) is 0 Å². The average molecular weight is 600 g/mol. The number of hydrogen-bond donors (Lipinski definition) is 1. The minimum Gasteiger partial charge on any atom is -0.495 e. The van der Waals surface area contributed by atoms with Gasteiger partial charge in [0.25, 0.3) is 10.0 Å². The summed E-state index contributed by atoms with van der Waals surface area (Å²) in [7, 11) is -2.77. The first-order valence-electron chi connectivity index (χ1n) is 13.3. The van der Waals surface area contributed by atoms with Crippen LogP contribution in [0.15, 0.2) is 77.7 Å². The van der Waals surface area contributed by atoms with Crippen LogP contribution in [0.5, 0.6) is 5.75 Å². The van der Waals surface area contributed by atoms with Gasteiger partial charge in [0.15, 0.2) is 0 Å². The maximum Gasteiger partial charge on any atom is 0.264 e. The molecule has 220 valence electrons. The Kier molecular flexibility index (Phi) is 10.4. The summed E-state index contributed by atoms with van der Waals surface area (Å²) in [6, 6.07) is 19.2. The van der Waals surface area contributed by atoms with E-state index in [-0.39, 0.29) is 28.8 Å².